The normalized spacial score (nSPS) is 12.6. The zero-order valence-corrected chi connectivity index (χ0v) is 17.6. The summed E-state index contributed by atoms with van der Waals surface area (Å²) in [7, 11) is 0. The predicted molar refractivity (Wildman–Crippen MR) is 118 cm³/mol. The summed E-state index contributed by atoms with van der Waals surface area (Å²) < 4.78 is 22.4. The fourth-order valence-corrected chi connectivity index (χ4v) is 3.36. The van der Waals surface area contributed by atoms with Gasteiger partial charge in [0.2, 0.25) is 12.3 Å². The van der Waals surface area contributed by atoms with E-state index in [4.69, 9.17) is 18.6 Å². The van der Waals surface area contributed by atoms with Crippen molar-refractivity contribution in [3.63, 3.8) is 0 Å². The molecule has 0 radical (unpaired) electrons. The molecule has 33 heavy (non-hydrogen) atoms. The third-order valence-corrected chi connectivity index (χ3v) is 4.84. The van der Waals surface area contributed by atoms with Gasteiger partial charge in [-0.3, -0.25) is 9.78 Å². The van der Waals surface area contributed by atoms with Crippen LogP contribution in [-0.4, -0.2) is 34.3 Å². The average molecular weight is 444 g/mol. The summed E-state index contributed by atoms with van der Waals surface area (Å²) in [5.74, 6) is 2.64. The molecule has 1 aliphatic heterocycles. The van der Waals surface area contributed by atoms with Crippen molar-refractivity contribution in [3.8, 4) is 34.6 Å². The lowest BCUT2D eigenvalue weighted by Crippen LogP contribution is -2.14. The van der Waals surface area contributed by atoms with E-state index in [1.807, 2.05) is 18.2 Å². The minimum Gasteiger partial charge on any atom is -0.490 e. The molecule has 5 rings (SSSR count). The van der Waals surface area contributed by atoms with Gasteiger partial charge < -0.3 is 23.9 Å². The molecule has 0 fully saturated rings. The molecule has 1 N–H and O–H groups in total. The SMILES string of the molecule is O=C(Cc1ccc2c(c1)OCCCO2)Nc1cccc(Oc2ccnc(-c3nnco3)c2)c1. The van der Waals surface area contributed by atoms with Gasteiger partial charge in [-0.05, 0) is 35.9 Å². The van der Waals surface area contributed by atoms with E-state index in [0.717, 1.165) is 12.0 Å². The summed E-state index contributed by atoms with van der Waals surface area (Å²) in [5.41, 5.74) is 1.97. The Balaban J connectivity index is 1.24. The van der Waals surface area contributed by atoms with E-state index < -0.39 is 0 Å². The number of benzene rings is 2. The number of ether oxygens (including phenoxy) is 3. The van der Waals surface area contributed by atoms with E-state index in [1.54, 1.807) is 42.6 Å². The fraction of sp³-hybridized carbons (Fsp3) is 0.167. The molecule has 9 heteroatoms. The Hall–Kier alpha value is -4.40. The Kier molecular flexibility index (Phi) is 5.83. The van der Waals surface area contributed by atoms with Gasteiger partial charge >= 0.3 is 0 Å². The van der Waals surface area contributed by atoms with Crippen molar-refractivity contribution in [2.75, 3.05) is 18.5 Å². The smallest absolute Gasteiger partial charge is 0.266 e. The standard InChI is InChI=1S/C24H20N4O5/c29-23(12-16-5-6-21-22(11-16)31-10-2-9-30-21)27-17-3-1-4-18(13-17)33-19-7-8-25-20(14-19)24-28-26-15-32-24/h1,3-8,11,13-15H,2,9-10,12H2,(H,27,29). The topological polar surface area (TPSA) is 109 Å². The first-order valence-electron chi connectivity index (χ1n) is 10.4. The van der Waals surface area contributed by atoms with Crippen molar-refractivity contribution >= 4 is 11.6 Å². The number of anilines is 1. The first-order valence-corrected chi connectivity index (χ1v) is 10.4. The number of amides is 1. The molecule has 0 unspecified atom stereocenters. The number of rotatable bonds is 6. The van der Waals surface area contributed by atoms with Crippen molar-refractivity contribution in [1.29, 1.82) is 0 Å². The molecule has 0 atom stereocenters. The zero-order chi connectivity index (χ0) is 22.5. The Bertz CT molecular complexity index is 1260. The highest BCUT2D eigenvalue weighted by molar-refractivity contribution is 5.92. The second-order valence-electron chi connectivity index (χ2n) is 7.31. The molecule has 0 saturated heterocycles. The highest BCUT2D eigenvalue weighted by Gasteiger charge is 2.13. The minimum atomic E-state index is -0.149. The van der Waals surface area contributed by atoms with Crippen molar-refractivity contribution in [1.82, 2.24) is 15.2 Å². The van der Waals surface area contributed by atoms with Crippen LogP contribution in [0.15, 0.2) is 71.6 Å². The Morgan fingerprint density at radius 2 is 1.88 bits per heavy atom. The van der Waals surface area contributed by atoms with Crippen LogP contribution in [0.1, 0.15) is 12.0 Å². The number of carbonyl (C=O) groups excluding carboxylic acids is 1. The summed E-state index contributed by atoms with van der Waals surface area (Å²) in [4.78, 5) is 16.8. The van der Waals surface area contributed by atoms with Crippen LogP contribution in [0.25, 0.3) is 11.6 Å². The largest absolute Gasteiger partial charge is 0.490 e. The monoisotopic (exact) mass is 444 g/mol. The lowest BCUT2D eigenvalue weighted by atomic mass is 10.1. The molecule has 2 aromatic heterocycles. The maximum Gasteiger partial charge on any atom is 0.266 e. The predicted octanol–water partition coefficient (Wildman–Crippen LogP) is 4.27. The maximum atomic E-state index is 12.6. The second kappa shape index (κ2) is 9.39. The lowest BCUT2D eigenvalue weighted by molar-refractivity contribution is -0.115. The highest BCUT2D eigenvalue weighted by atomic mass is 16.5. The van der Waals surface area contributed by atoms with Gasteiger partial charge in [0.05, 0.1) is 19.6 Å². The molecule has 0 bridgehead atoms. The van der Waals surface area contributed by atoms with Crippen LogP contribution in [-0.2, 0) is 11.2 Å². The van der Waals surface area contributed by atoms with Gasteiger partial charge in [0, 0.05) is 30.4 Å². The number of hydrogen-bond donors (Lipinski definition) is 1. The van der Waals surface area contributed by atoms with E-state index in [9.17, 15) is 4.79 Å². The van der Waals surface area contributed by atoms with Gasteiger partial charge in [-0.25, -0.2) is 0 Å². The summed E-state index contributed by atoms with van der Waals surface area (Å²) in [6, 6.07) is 16.1. The molecule has 3 heterocycles. The fourth-order valence-electron chi connectivity index (χ4n) is 3.36. The molecule has 0 saturated carbocycles. The van der Waals surface area contributed by atoms with Crippen molar-refractivity contribution in [2.45, 2.75) is 12.8 Å². The van der Waals surface area contributed by atoms with E-state index in [0.29, 0.717) is 53.5 Å². The van der Waals surface area contributed by atoms with Gasteiger partial charge in [0.15, 0.2) is 11.5 Å². The van der Waals surface area contributed by atoms with Crippen LogP contribution >= 0.6 is 0 Å². The summed E-state index contributed by atoms with van der Waals surface area (Å²) >= 11 is 0. The van der Waals surface area contributed by atoms with Gasteiger partial charge in [-0.15, -0.1) is 10.2 Å². The number of pyridine rings is 1. The zero-order valence-electron chi connectivity index (χ0n) is 17.6. The van der Waals surface area contributed by atoms with Gasteiger partial charge in [-0.2, -0.15) is 0 Å². The van der Waals surface area contributed by atoms with E-state index in [1.165, 1.54) is 6.39 Å². The Morgan fingerprint density at radius 1 is 1.00 bits per heavy atom. The first kappa shape index (κ1) is 20.5. The third-order valence-electron chi connectivity index (χ3n) is 4.84. The maximum absolute atomic E-state index is 12.6. The van der Waals surface area contributed by atoms with Crippen LogP contribution in [0.3, 0.4) is 0 Å². The highest BCUT2D eigenvalue weighted by Crippen LogP contribution is 2.31. The number of aromatic nitrogens is 3. The van der Waals surface area contributed by atoms with E-state index >= 15 is 0 Å². The second-order valence-corrected chi connectivity index (χ2v) is 7.31. The van der Waals surface area contributed by atoms with Crippen molar-refractivity contribution in [2.24, 2.45) is 0 Å². The van der Waals surface area contributed by atoms with Gasteiger partial charge in [0.1, 0.15) is 17.2 Å². The molecule has 9 nitrogen and oxygen atoms in total. The van der Waals surface area contributed by atoms with Crippen LogP contribution < -0.4 is 19.5 Å². The molecular weight excluding hydrogens is 424 g/mol. The number of fused-ring (bicyclic) bond motifs is 1. The number of hydrogen-bond acceptors (Lipinski definition) is 8. The first-order chi connectivity index (χ1) is 16.2. The van der Waals surface area contributed by atoms with E-state index in [-0.39, 0.29) is 12.3 Å². The van der Waals surface area contributed by atoms with Crippen LogP contribution in [0.4, 0.5) is 5.69 Å². The van der Waals surface area contributed by atoms with Crippen molar-refractivity contribution in [3.05, 3.63) is 72.8 Å². The van der Waals surface area contributed by atoms with Crippen LogP contribution in [0.5, 0.6) is 23.0 Å². The third kappa shape index (κ3) is 5.09. The summed E-state index contributed by atoms with van der Waals surface area (Å²) in [6.07, 6.45) is 3.87. The molecule has 4 aromatic rings. The molecule has 0 spiro atoms. The molecular formula is C24H20N4O5. The molecule has 1 amide bonds. The van der Waals surface area contributed by atoms with Gasteiger partial charge in [0.25, 0.3) is 5.89 Å². The summed E-state index contributed by atoms with van der Waals surface area (Å²) in [6.45, 7) is 1.23. The van der Waals surface area contributed by atoms with Crippen LogP contribution in [0, 0.1) is 0 Å². The quantitative estimate of drug-likeness (QED) is 0.470. The molecule has 1 aliphatic rings. The molecule has 166 valence electrons. The Labute approximate surface area is 189 Å². The molecule has 2 aromatic carbocycles. The number of nitrogens with one attached hydrogen (secondary N) is 1. The summed E-state index contributed by atoms with van der Waals surface area (Å²) in [5, 5.41) is 10.4. The molecule has 0 aliphatic carbocycles. The van der Waals surface area contributed by atoms with Crippen LogP contribution in [0.2, 0.25) is 0 Å². The Morgan fingerprint density at radius 3 is 2.76 bits per heavy atom. The number of carbonyl (C=O) groups is 1. The van der Waals surface area contributed by atoms with Gasteiger partial charge in [-0.1, -0.05) is 12.1 Å². The lowest BCUT2D eigenvalue weighted by Gasteiger charge is -2.11. The van der Waals surface area contributed by atoms with E-state index in [2.05, 4.69) is 20.5 Å². The minimum absolute atomic E-state index is 0.149. The number of nitrogens with zero attached hydrogens (tertiary/aromatic N) is 3. The average Bonchev–Trinajstić information content (AvgIpc) is 3.26. The van der Waals surface area contributed by atoms with Crippen molar-refractivity contribution < 1.29 is 23.4 Å².